The van der Waals surface area contributed by atoms with E-state index >= 15 is 0 Å². The molecule has 102 valence electrons. The summed E-state index contributed by atoms with van der Waals surface area (Å²) in [5.41, 5.74) is 6.99. The number of nitrogens with two attached hydrogens (primary N) is 1. The number of nitrogen functional groups attached to an aromatic ring is 1. The number of aryl methyl sites for hydroxylation is 1. The second-order valence-corrected chi connectivity index (χ2v) is 6.51. The van der Waals surface area contributed by atoms with Crippen LogP contribution in [-0.4, -0.2) is 16.0 Å². The molecule has 4 atom stereocenters. The van der Waals surface area contributed by atoms with E-state index in [2.05, 4.69) is 22.2 Å². The summed E-state index contributed by atoms with van der Waals surface area (Å²) in [6.45, 7) is 4.09. The molecule has 0 aliphatic heterocycles. The zero-order valence-electron chi connectivity index (χ0n) is 11.7. The first-order valence-corrected chi connectivity index (χ1v) is 7.58. The predicted molar refractivity (Wildman–Crippen MR) is 75.8 cm³/mol. The van der Waals surface area contributed by atoms with E-state index in [1.54, 1.807) is 0 Å². The summed E-state index contributed by atoms with van der Waals surface area (Å²) in [4.78, 5) is 8.95. The topological polar surface area (TPSA) is 63.8 Å². The molecule has 3 aliphatic carbocycles. The maximum absolute atomic E-state index is 5.98. The van der Waals surface area contributed by atoms with E-state index in [4.69, 9.17) is 5.73 Å². The van der Waals surface area contributed by atoms with Crippen LogP contribution in [0.2, 0.25) is 0 Å². The first kappa shape index (κ1) is 11.5. The van der Waals surface area contributed by atoms with Crippen molar-refractivity contribution in [2.45, 2.75) is 45.6 Å². The third-order valence-corrected chi connectivity index (χ3v) is 5.58. The summed E-state index contributed by atoms with van der Waals surface area (Å²) in [6, 6.07) is 0.656. The van der Waals surface area contributed by atoms with Crippen LogP contribution in [0.5, 0.6) is 0 Å². The van der Waals surface area contributed by atoms with Crippen LogP contribution in [0.3, 0.4) is 0 Å². The minimum Gasteiger partial charge on any atom is -0.383 e. The van der Waals surface area contributed by atoms with E-state index in [0.29, 0.717) is 11.9 Å². The molecule has 3 aliphatic rings. The summed E-state index contributed by atoms with van der Waals surface area (Å²) >= 11 is 0. The van der Waals surface area contributed by atoms with E-state index in [1.807, 2.05) is 6.92 Å². The molecule has 4 rings (SSSR count). The van der Waals surface area contributed by atoms with Gasteiger partial charge in [-0.1, -0.05) is 6.92 Å². The van der Waals surface area contributed by atoms with Gasteiger partial charge in [0.25, 0.3) is 0 Å². The maximum Gasteiger partial charge on any atom is 0.135 e. The third-order valence-electron chi connectivity index (χ3n) is 5.58. The molecule has 1 heterocycles. The number of nitrogens with zero attached hydrogens (tertiary/aromatic N) is 2. The van der Waals surface area contributed by atoms with Crippen LogP contribution in [0.1, 0.15) is 37.6 Å². The van der Waals surface area contributed by atoms with Crippen LogP contribution in [-0.2, 0) is 6.42 Å². The van der Waals surface area contributed by atoms with Gasteiger partial charge in [-0.2, -0.15) is 0 Å². The molecule has 4 nitrogen and oxygen atoms in total. The normalized spacial score (nSPS) is 38.3. The van der Waals surface area contributed by atoms with E-state index in [1.165, 1.54) is 19.3 Å². The van der Waals surface area contributed by atoms with Crippen LogP contribution < -0.4 is 11.1 Å². The van der Waals surface area contributed by atoms with Gasteiger partial charge in [0.2, 0.25) is 0 Å². The zero-order valence-corrected chi connectivity index (χ0v) is 11.7. The van der Waals surface area contributed by atoms with Crippen molar-refractivity contribution in [2.24, 2.45) is 23.7 Å². The zero-order chi connectivity index (χ0) is 13.1. The molecule has 0 radical (unpaired) electrons. The van der Waals surface area contributed by atoms with Gasteiger partial charge < -0.3 is 11.1 Å². The lowest BCUT2D eigenvalue weighted by Gasteiger charge is -2.14. The Morgan fingerprint density at radius 2 is 1.89 bits per heavy atom. The van der Waals surface area contributed by atoms with E-state index < -0.39 is 0 Å². The number of nitrogens with one attached hydrogen (secondary N) is 1. The number of fused-ring (bicyclic) bond motifs is 5. The highest BCUT2D eigenvalue weighted by atomic mass is 15.1. The average Bonchev–Trinajstić information content (AvgIpc) is 2.81. The van der Waals surface area contributed by atoms with Gasteiger partial charge in [-0.3, -0.25) is 0 Å². The summed E-state index contributed by atoms with van der Waals surface area (Å²) in [7, 11) is 0. The number of hydrogen-bond acceptors (Lipinski definition) is 4. The van der Waals surface area contributed by atoms with Crippen molar-refractivity contribution < 1.29 is 0 Å². The minimum atomic E-state index is 0.628. The van der Waals surface area contributed by atoms with E-state index in [-0.39, 0.29) is 0 Å². The molecule has 0 amide bonds. The van der Waals surface area contributed by atoms with Crippen LogP contribution >= 0.6 is 0 Å². The number of anilines is 2. The Morgan fingerprint density at radius 1 is 1.21 bits per heavy atom. The van der Waals surface area contributed by atoms with Gasteiger partial charge in [-0.25, -0.2) is 9.97 Å². The van der Waals surface area contributed by atoms with Gasteiger partial charge in [-0.15, -0.1) is 0 Å². The van der Waals surface area contributed by atoms with Crippen molar-refractivity contribution in [3.05, 3.63) is 11.4 Å². The lowest BCUT2D eigenvalue weighted by atomic mass is 10.0. The molecule has 1 aromatic rings. The Morgan fingerprint density at radius 3 is 2.53 bits per heavy atom. The Hall–Kier alpha value is -1.32. The first-order valence-electron chi connectivity index (χ1n) is 7.58. The highest BCUT2D eigenvalue weighted by molar-refractivity contribution is 5.56. The van der Waals surface area contributed by atoms with Crippen molar-refractivity contribution in [1.29, 1.82) is 0 Å². The lowest BCUT2D eigenvalue weighted by Crippen LogP contribution is -2.16. The molecular weight excluding hydrogens is 236 g/mol. The summed E-state index contributed by atoms with van der Waals surface area (Å²) in [5, 5.41) is 3.67. The SMILES string of the molecule is CCc1nc(N)c(C)c(NC2C3C4CCC(C4)C23)n1. The molecular formula is C15H22N4. The summed E-state index contributed by atoms with van der Waals surface area (Å²) in [5.74, 6) is 6.25. The summed E-state index contributed by atoms with van der Waals surface area (Å²) in [6.07, 6.45) is 5.23. The van der Waals surface area contributed by atoms with Gasteiger partial charge in [0.05, 0.1) is 0 Å². The van der Waals surface area contributed by atoms with Crippen molar-refractivity contribution in [3.63, 3.8) is 0 Å². The summed E-state index contributed by atoms with van der Waals surface area (Å²) < 4.78 is 0. The number of rotatable bonds is 3. The lowest BCUT2D eigenvalue weighted by molar-refractivity contribution is 0.456. The van der Waals surface area contributed by atoms with E-state index in [9.17, 15) is 0 Å². The van der Waals surface area contributed by atoms with Crippen molar-refractivity contribution >= 4 is 11.6 Å². The van der Waals surface area contributed by atoms with Crippen molar-refractivity contribution in [2.75, 3.05) is 11.1 Å². The van der Waals surface area contributed by atoms with Gasteiger partial charge in [0.15, 0.2) is 0 Å². The highest BCUT2D eigenvalue weighted by Crippen LogP contribution is 2.66. The second kappa shape index (κ2) is 3.84. The smallest absolute Gasteiger partial charge is 0.135 e. The largest absolute Gasteiger partial charge is 0.383 e. The second-order valence-electron chi connectivity index (χ2n) is 6.51. The molecule has 0 spiro atoms. The molecule has 0 aromatic carbocycles. The highest BCUT2D eigenvalue weighted by Gasteiger charge is 2.65. The van der Waals surface area contributed by atoms with Crippen LogP contribution in [0.25, 0.3) is 0 Å². The number of hydrogen-bond donors (Lipinski definition) is 2. The first-order chi connectivity index (χ1) is 9.19. The third kappa shape index (κ3) is 1.58. The molecule has 4 unspecified atom stereocenters. The van der Waals surface area contributed by atoms with Crippen molar-refractivity contribution in [1.82, 2.24) is 9.97 Å². The predicted octanol–water partition coefficient (Wildman–Crippen LogP) is 2.39. The number of aromatic nitrogens is 2. The van der Waals surface area contributed by atoms with E-state index in [0.717, 1.165) is 47.3 Å². The molecule has 2 bridgehead atoms. The Labute approximate surface area is 114 Å². The van der Waals surface area contributed by atoms with Gasteiger partial charge in [-0.05, 0) is 49.9 Å². The van der Waals surface area contributed by atoms with Crippen LogP contribution in [0.15, 0.2) is 0 Å². The van der Waals surface area contributed by atoms with Crippen LogP contribution in [0, 0.1) is 30.6 Å². The Kier molecular flexibility index (Phi) is 2.32. The fourth-order valence-electron chi connectivity index (χ4n) is 4.56. The average molecular weight is 258 g/mol. The fourth-order valence-corrected chi connectivity index (χ4v) is 4.56. The Bertz CT molecular complexity index is 511. The molecule has 1 aromatic heterocycles. The molecule has 3 fully saturated rings. The van der Waals surface area contributed by atoms with Gasteiger partial charge in [0.1, 0.15) is 17.5 Å². The quantitative estimate of drug-likeness (QED) is 0.873. The maximum atomic E-state index is 5.98. The minimum absolute atomic E-state index is 0.628. The molecule has 19 heavy (non-hydrogen) atoms. The molecule has 4 heteroatoms. The standard InChI is InChI=1S/C15H22N4/c1-3-10-17-14(16)7(2)15(18-10)19-13-11-8-4-5-9(6-8)12(11)13/h8-9,11-13H,3-6H2,1-2H3,(H3,16,17,18,19). The van der Waals surface area contributed by atoms with Gasteiger partial charge in [0, 0.05) is 18.0 Å². The molecule has 3 saturated carbocycles. The van der Waals surface area contributed by atoms with Crippen LogP contribution in [0.4, 0.5) is 11.6 Å². The molecule has 0 saturated heterocycles. The fraction of sp³-hybridized carbons (Fsp3) is 0.733. The van der Waals surface area contributed by atoms with Gasteiger partial charge >= 0.3 is 0 Å². The molecule has 3 N–H and O–H groups in total. The van der Waals surface area contributed by atoms with Crippen molar-refractivity contribution in [3.8, 4) is 0 Å². The Balaban J connectivity index is 1.57. The monoisotopic (exact) mass is 258 g/mol.